The van der Waals surface area contributed by atoms with Crippen LogP contribution in [-0.2, 0) is 4.79 Å². The van der Waals surface area contributed by atoms with E-state index in [4.69, 9.17) is 11.3 Å². The second kappa shape index (κ2) is 6.70. The highest BCUT2D eigenvalue weighted by Gasteiger charge is 2.32. The summed E-state index contributed by atoms with van der Waals surface area (Å²) in [4.78, 5) is 27.4. The molecule has 2 aliphatic heterocycles. The predicted octanol–water partition coefficient (Wildman–Crippen LogP) is 1.71. The van der Waals surface area contributed by atoms with Crippen molar-refractivity contribution >= 4 is 23.5 Å². The number of rotatable bonds is 4. The molecule has 1 aromatic heterocycles. The molecule has 0 saturated carbocycles. The minimum Gasteiger partial charge on any atom is -0.383 e. The smallest absolute Gasteiger partial charge is 0.236 e. The van der Waals surface area contributed by atoms with Gasteiger partial charge in [0, 0.05) is 43.6 Å². The van der Waals surface area contributed by atoms with Crippen LogP contribution in [0.1, 0.15) is 25.7 Å². The number of nitrogens with two attached hydrogens (primary N) is 1. The zero-order chi connectivity index (χ0) is 16.2. The highest BCUT2D eigenvalue weighted by molar-refractivity contribution is 5.94. The lowest BCUT2D eigenvalue weighted by molar-refractivity contribution is -0.117. The fourth-order valence-electron chi connectivity index (χ4n) is 3.09. The van der Waals surface area contributed by atoms with Gasteiger partial charge in [0.05, 0.1) is 0 Å². The molecule has 1 aromatic rings. The van der Waals surface area contributed by atoms with Crippen molar-refractivity contribution in [2.45, 2.75) is 25.7 Å². The van der Waals surface area contributed by atoms with Gasteiger partial charge in [0.25, 0.3) is 0 Å². The third kappa shape index (κ3) is 3.45. The van der Waals surface area contributed by atoms with E-state index in [9.17, 15) is 4.79 Å². The minimum atomic E-state index is -0.0571. The first-order chi connectivity index (χ1) is 11.2. The van der Waals surface area contributed by atoms with Gasteiger partial charge in [0.15, 0.2) is 0 Å². The van der Waals surface area contributed by atoms with E-state index in [-0.39, 0.29) is 11.8 Å². The lowest BCUT2D eigenvalue weighted by Crippen LogP contribution is -2.32. The standard InChI is InChI=1S/C14H20N8O/c15-11-7-12(21-4-2-1-3-5-21)19-14(18-11)22-9-10(6-13(22)23)8-17-20-16/h7,10H,1-6,8-9H2,(H2,15,18,19). The highest BCUT2D eigenvalue weighted by Crippen LogP contribution is 2.26. The average molecular weight is 316 g/mol. The Morgan fingerprint density at radius 3 is 2.87 bits per heavy atom. The number of hydrogen-bond acceptors (Lipinski definition) is 6. The number of piperidine rings is 1. The van der Waals surface area contributed by atoms with Crippen LogP contribution >= 0.6 is 0 Å². The van der Waals surface area contributed by atoms with Crippen molar-refractivity contribution in [2.24, 2.45) is 11.0 Å². The quantitative estimate of drug-likeness (QED) is 0.514. The average Bonchev–Trinajstić information content (AvgIpc) is 2.94. The second-order valence-electron chi connectivity index (χ2n) is 5.99. The molecule has 3 heterocycles. The SMILES string of the molecule is [N-]=[N+]=NCC1CC(=O)N(c2nc(N)cc(N3CCCCC3)n2)C1. The maximum atomic E-state index is 12.2. The number of nitrogen functional groups attached to an aromatic ring is 1. The maximum absolute atomic E-state index is 12.2. The van der Waals surface area contributed by atoms with Crippen molar-refractivity contribution < 1.29 is 4.79 Å². The van der Waals surface area contributed by atoms with Gasteiger partial charge in [-0.25, -0.2) is 0 Å². The molecule has 0 aromatic carbocycles. The van der Waals surface area contributed by atoms with Gasteiger partial charge in [0.2, 0.25) is 11.9 Å². The van der Waals surface area contributed by atoms with Gasteiger partial charge in [0.1, 0.15) is 11.6 Å². The van der Waals surface area contributed by atoms with E-state index in [0.717, 1.165) is 31.7 Å². The first-order valence-electron chi connectivity index (χ1n) is 7.88. The molecule has 0 radical (unpaired) electrons. The molecular formula is C14H20N8O. The van der Waals surface area contributed by atoms with Crippen LogP contribution in [-0.4, -0.2) is 42.1 Å². The van der Waals surface area contributed by atoms with E-state index in [0.29, 0.717) is 31.3 Å². The molecule has 0 spiro atoms. The van der Waals surface area contributed by atoms with Crippen LogP contribution in [0.2, 0.25) is 0 Å². The Balaban J connectivity index is 1.80. The Kier molecular flexibility index (Phi) is 4.47. The largest absolute Gasteiger partial charge is 0.383 e. The van der Waals surface area contributed by atoms with E-state index < -0.39 is 0 Å². The molecule has 1 amide bonds. The van der Waals surface area contributed by atoms with Crippen molar-refractivity contribution in [3.63, 3.8) is 0 Å². The fourth-order valence-corrected chi connectivity index (χ4v) is 3.09. The second-order valence-corrected chi connectivity index (χ2v) is 5.99. The molecule has 0 aliphatic carbocycles. The van der Waals surface area contributed by atoms with Gasteiger partial charge < -0.3 is 10.6 Å². The van der Waals surface area contributed by atoms with Gasteiger partial charge in [-0.15, -0.1) is 0 Å². The van der Waals surface area contributed by atoms with Crippen molar-refractivity contribution in [1.29, 1.82) is 0 Å². The Labute approximate surface area is 134 Å². The number of amides is 1. The zero-order valence-electron chi connectivity index (χ0n) is 12.9. The Hall–Kier alpha value is -2.54. The van der Waals surface area contributed by atoms with Crippen LogP contribution in [0.25, 0.3) is 10.4 Å². The van der Waals surface area contributed by atoms with Gasteiger partial charge >= 0.3 is 0 Å². The number of carbonyl (C=O) groups is 1. The normalized spacial score (nSPS) is 21.4. The van der Waals surface area contributed by atoms with Crippen molar-refractivity contribution in [3.8, 4) is 0 Å². The summed E-state index contributed by atoms with van der Waals surface area (Å²) in [6.45, 7) is 2.66. The van der Waals surface area contributed by atoms with Crippen molar-refractivity contribution in [2.75, 3.05) is 41.7 Å². The van der Waals surface area contributed by atoms with Crippen LogP contribution in [0.5, 0.6) is 0 Å². The molecule has 1 unspecified atom stereocenters. The topological polar surface area (TPSA) is 124 Å². The molecule has 2 fully saturated rings. The summed E-state index contributed by atoms with van der Waals surface area (Å²) >= 11 is 0. The molecule has 9 heteroatoms. The first-order valence-corrected chi connectivity index (χ1v) is 7.88. The molecule has 0 bridgehead atoms. The van der Waals surface area contributed by atoms with E-state index in [1.54, 1.807) is 11.0 Å². The van der Waals surface area contributed by atoms with Crippen LogP contribution in [0.15, 0.2) is 11.2 Å². The molecule has 3 rings (SSSR count). The third-order valence-electron chi connectivity index (χ3n) is 4.25. The molecule has 2 saturated heterocycles. The lowest BCUT2D eigenvalue weighted by atomic mass is 10.1. The highest BCUT2D eigenvalue weighted by atomic mass is 16.2. The van der Waals surface area contributed by atoms with Gasteiger partial charge in [-0.05, 0) is 30.7 Å². The van der Waals surface area contributed by atoms with Gasteiger partial charge in [-0.2, -0.15) is 9.97 Å². The lowest BCUT2D eigenvalue weighted by Gasteiger charge is -2.28. The summed E-state index contributed by atoms with van der Waals surface area (Å²) in [6.07, 6.45) is 3.85. The van der Waals surface area contributed by atoms with E-state index in [1.807, 2.05) is 0 Å². The van der Waals surface area contributed by atoms with Crippen LogP contribution in [0.3, 0.4) is 0 Å². The van der Waals surface area contributed by atoms with Crippen LogP contribution < -0.4 is 15.5 Å². The molecule has 23 heavy (non-hydrogen) atoms. The number of aromatic nitrogens is 2. The number of nitrogens with zero attached hydrogens (tertiary/aromatic N) is 7. The minimum absolute atomic E-state index is 0.00173. The third-order valence-corrected chi connectivity index (χ3v) is 4.25. The summed E-state index contributed by atoms with van der Waals surface area (Å²) in [5.41, 5.74) is 14.3. The molecule has 122 valence electrons. The maximum Gasteiger partial charge on any atom is 0.236 e. The molecular weight excluding hydrogens is 296 g/mol. The Morgan fingerprint density at radius 1 is 1.35 bits per heavy atom. The molecule has 9 nitrogen and oxygen atoms in total. The number of hydrogen-bond donors (Lipinski definition) is 1. The number of carbonyl (C=O) groups excluding carboxylic acids is 1. The van der Waals surface area contributed by atoms with E-state index in [2.05, 4.69) is 24.9 Å². The molecule has 2 N–H and O–H groups in total. The Morgan fingerprint density at radius 2 is 2.13 bits per heavy atom. The summed E-state index contributed by atoms with van der Waals surface area (Å²) in [6, 6.07) is 1.76. The van der Waals surface area contributed by atoms with Crippen LogP contribution in [0.4, 0.5) is 17.6 Å². The summed E-state index contributed by atoms with van der Waals surface area (Å²) in [7, 11) is 0. The van der Waals surface area contributed by atoms with Crippen molar-refractivity contribution in [1.82, 2.24) is 9.97 Å². The predicted molar refractivity (Wildman–Crippen MR) is 87.0 cm³/mol. The van der Waals surface area contributed by atoms with Gasteiger partial charge in [-0.1, -0.05) is 5.11 Å². The fraction of sp³-hybridized carbons (Fsp3) is 0.643. The van der Waals surface area contributed by atoms with E-state index >= 15 is 0 Å². The van der Waals surface area contributed by atoms with E-state index in [1.165, 1.54) is 6.42 Å². The number of anilines is 3. The zero-order valence-corrected chi connectivity index (χ0v) is 12.9. The van der Waals surface area contributed by atoms with Crippen molar-refractivity contribution in [3.05, 3.63) is 16.5 Å². The Bertz CT molecular complexity index is 636. The summed E-state index contributed by atoms with van der Waals surface area (Å²) < 4.78 is 0. The van der Waals surface area contributed by atoms with Gasteiger partial charge in [-0.3, -0.25) is 9.69 Å². The molecule has 1 atom stereocenters. The van der Waals surface area contributed by atoms with Crippen LogP contribution in [0, 0.1) is 5.92 Å². The monoisotopic (exact) mass is 316 g/mol. The summed E-state index contributed by atoms with van der Waals surface area (Å²) in [5, 5.41) is 3.55. The first kappa shape index (κ1) is 15.4. The number of azide groups is 1. The summed E-state index contributed by atoms with van der Waals surface area (Å²) in [5.74, 6) is 1.43. The molecule has 2 aliphatic rings.